The Hall–Kier alpha value is -1.75. The largest absolute Gasteiger partial charge is 0.386 e. The van der Waals surface area contributed by atoms with Crippen LogP contribution in [0.4, 0.5) is 8.78 Å². The van der Waals surface area contributed by atoms with Crippen molar-refractivity contribution in [3.63, 3.8) is 0 Å². The molecule has 2 N–H and O–H groups in total. The van der Waals surface area contributed by atoms with Gasteiger partial charge in [-0.25, -0.2) is 8.78 Å². The van der Waals surface area contributed by atoms with Gasteiger partial charge in [0, 0.05) is 6.42 Å². The molecule has 0 radical (unpaired) electrons. The third-order valence-corrected chi connectivity index (χ3v) is 2.72. The van der Waals surface area contributed by atoms with Crippen LogP contribution in [-0.2, 0) is 4.79 Å². The van der Waals surface area contributed by atoms with Gasteiger partial charge >= 0.3 is 0 Å². The highest BCUT2D eigenvalue weighted by Gasteiger charge is 2.19. The Labute approximate surface area is 110 Å². The number of rotatable bonds is 6. The topological polar surface area (TPSA) is 49.3 Å². The number of benzene rings is 1. The van der Waals surface area contributed by atoms with Gasteiger partial charge in [-0.1, -0.05) is 12.1 Å². The van der Waals surface area contributed by atoms with Crippen LogP contribution in [0.2, 0.25) is 0 Å². The van der Waals surface area contributed by atoms with Crippen molar-refractivity contribution >= 4 is 5.91 Å². The zero-order valence-electron chi connectivity index (χ0n) is 10.7. The fraction of sp³-hybridized carbons (Fsp3) is 0.357. The predicted octanol–water partition coefficient (Wildman–Crippen LogP) is 2.47. The van der Waals surface area contributed by atoms with Crippen molar-refractivity contribution in [2.75, 3.05) is 0 Å². The van der Waals surface area contributed by atoms with Gasteiger partial charge in [-0.2, -0.15) is 0 Å². The van der Waals surface area contributed by atoms with Gasteiger partial charge in [-0.05, 0) is 31.0 Å². The lowest BCUT2D eigenvalue weighted by atomic mass is 10.0. The van der Waals surface area contributed by atoms with Crippen LogP contribution in [0, 0.1) is 11.6 Å². The molecule has 0 aliphatic heterocycles. The summed E-state index contributed by atoms with van der Waals surface area (Å²) in [4.78, 5) is 11.5. The van der Waals surface area contributed by atoms with Crippen molar-refractivity contribution in [2.24, 2.45) is 0 Å². The first-order chi connectivity index (χ1) is 8.95. The van der Waals surface area contributed by atoms with Gasteiger partial charge in [-0.3, -0.25) is 4.79 Å². The van der Waals surface area contributed by atoms with E-state index in [2.05, 4.69) is 11.9 Å². The third kappa shape index (κ3) is 4.44. The Bertz CT molecular complexity index is 463. The number of aliphatic hydroxyl groups is 1. The summed E-state index contributed by atoms with van der Waals surface area (Å²) in [5.41, 5.74) is 0.218. The lowest BCUT2D eigenvalue weighted by Gasteiger charge is -2.20. The van der Waals surface area contributed by atoms with Crippen molar-refractivity contribution in [3.05, 3.63) is 48.1 Å². The summed E-state index contributed by atoms with van der Waals surface area (Å²) in [6.45, 7) is 5.10. The first-order valence-electron chi connectivity index (χ1n) is 5.99. The number of allylic oxidation sites excluding steroid dienone is 1. The Balaban J connectivity index is 2.65. The summed E-state index contributed by atoms with van der Waals surface area (Å²) >= 11 is 0. The lowest BCUT2D eigenvalue weighted by Crippen LogP contribution is -2.36. The molecule has 2 unspecified atom stereocenters. The normalized spacial score (nSPS) is 13.7. The zero-order valence-corrected chi connectivity index (χ0v) is 10.7. The molecule has 0 fully saturated rings. The SMILES string of the molecule is C=CCCC(=O)NC(C)C(O)c1ccc(F)c(F)c1. The van der Waals surface area contributed by atoms with Crippen molar-refractivity contribution in [1.82, 2.24) is 5.32 Å². The highest BCUT2D eigenvalue weighted by Crippen LogP contribution is 2.19. The van der Waals surface area contributed by atoms with Crippen LogP contribution in [0.15, 0.2) is 30.9 Å². The van der Waals surface area contributed by atoms with Crippen molar-refractivity contribution in [3.8, 4) is 0 Å². The summed E-state index contributed by atoms with van der Waals surface area (Å²) in [6.07, 6.45) is 1.34. The molecular formula is C14H17F2NO2. The maximum absolute atomic E-state index is 13.0. The number of aliphatic hydroxyl groups excluding tert-OH is 1. The Morgan fingerprint density at radius 2 is 2.16 bits per heavy atom. The Kier molecular flexibility index (Phi) is 5.63. The second-order valence-electron chi connectivity index (χ2n) is 4.30. The van der Waals surface area contributed by atoms with Crippen molar-refractivity contribution < 1.29 is 18.7 Å². The number of hydrogen-bond donors (Lipinski definition) is 2. The van der Waals surface area contributed by atoms with Crippen molar-refractivity contribution in [2.45, 2.75) is 31.9 Å². The molecule has 0 saturated carbocycles. The standard InChI is InChI=1S/C14H17F2NO2/c1-3-4-5-13(18)17-9(2)14(19)10-6-7-11(15)12(16)8-10/h3,6-9,14,19H,1,4-5H2,2H3,(H,17,18). The molecule has 0 aliphatic rings. The maximum Gasteiger partial charge on any atom is 0.220 e. The van der Waals surface area contributed by atoms with Crippen LogP contribution < -0.4 is 5.32 Å². The fourth-order valence-electron chi connectivity index (χ4n) is 1.62. The van der Waals surface area contributed by atoms with Crippen LogP contribution in [-0.4, -0.2) is 17.1 Å². The molecule has 3 nitrogen and oxygen atoms in total. The summed E-state index contributed by atoms with van der Waals surface area (Å²) in [5, 5.41) is 12.5. The highest BCUT2D eigenvalue weighted by atomic mass is 19.2. The molecule has 1 rings (SSSR count). The van der Waals surface area contributed by atoms with E-state index in [0.29, 0.717) is 6.42 Å². The van der Waals surface area contributed by atoms with E-state index in [4.69, 9.17) is 0 Å². The molecule has 1 aromatic rings. The van der Waals surface area contributed by atoms with E-state index in [-0.39, 0.29) is 17.9 Å². The predicted molar refractivity (Wildman–Crippen MR) is 68.4 cm³/mol. The average molecular weight is 269 g/mol. The average Bonchev–Trinajstić information content (AvgIpc) is 2.38. The van der Waals surface area contributed by atoms with E-state index in [0.717, 1.165) is 12.1 Å². The molecule has 0 spiro atoms. The molecule has 5 heteroatoms. The van der Waals surface area contributed by atoms with E-state index in [1.165, 1.54) is 6.07 Å². The third-order valence-electron chi connectivity index (χ3n) is 2.72. The first-order valence-corrected chi connectivity index (χ1v) is 5.99. The van der Waals surface area contributed by atoms with Gasteiger partial charge in [0.25, 0.3) is 0 Å². The molecule has 0 aromatic heterocycles. The molecule has 2 atom stereocenters. The van der Waals surface area contributed by atoms with Crippen LogP contribution >= 0.6 is 0 Å². The molecule has 0 saturated heterocycles. The minimum absolute atomic E-state index is 0.218. The van der Waals surface area contributed by atoms with Gasteiger partial charge in [0.15, 0.2) is 11.6 Å². The van der Waals surface area contributed by atoms with E-state index in [1.807, 2.05) is 0 Å². The van der Waals surface area contributed by atoms with Crippen LogP contribution in [0.25, 0.3) is 0 Å². The Morgan fingerprint density at radius 3 is 2.74 bits per heavy atom. The van der Waals surface area contributed by atoms with E-state index in [9.17, 15) is 18.7 Å². The van der Waals surface area contributed by atoms with E-state index < -0.39 is 23.8 Å². The second-order valence-corrected chi connectivity index (χ2v) is 4.30. The summed E-state index contributed by atoms with van der Waals surface area (Å²) in [5.74, 6) is -2.23. The molecule has 0 bridgehead atoms. The van der Waals surface area contributed by atoms with Crippen LogP contribution in [0.1, 0.15) is 31.4 Å². The minimum atomic E-state index is -1.09. The first kappa shape index (κ1) is 15.3. The lowest BCUT2D eigenvalue weighted by molar-refractivity contribution is -0.122. The quantitative estimate of drug-likeness (QED) is 0.779. The molecule has 0 heterocycles. The summed E-state index contributed by atoms with van der Waals surface area (Å²) in [7, 11) is 0. The summed E-state index contributed by atoms with van der Waals surface area (Å²) in [6, 6.07) is 2.56. The monoisotopic (exact) mass is 269 g/mol. The molecule has 104 valence electrons. The van der Waals surface area contributed by atoms with Gasteiger partial charge < -0.3 is 10.4 Å². The Morgan fingerprint density at radius 1 is 1.47 bits per heavy atom. The molecule has 0 aliphatic carbocycles. The van der Waals surface area contributed by atoms with Gasteiger partial charge in [0.1, 0.15) is 0 Å². The molecule has 1 amide bonds. The fourth-order valence-corrected chi connectivity index (χ4v) is 1.62. The number of hydrogen-bond acceptors (Lipinski definition) is 2. The molecular weight excluding hydrogens is 252 g/mol. The smallest absolute Gasteiger partial charge is 0.220 e. The van der Waals surface area contributed by atoms with Crippen LogP contribution in [0.3, 0.4) is 0 Å². The zero-order chi connectivity index (χ0) is 14.4. The van der Waals surface area contributed by atoms with Gasteiger partial charge in [0.2, 0.25) is 5.91 Å². The number of nitrogens with one attached hydrogen (secondary N) is 1. The highest BCUT2D eigenvalue weighted by molar-refractivity contribution is 5.76. The summed E-state index contributed by atoms with van der Waals surface area (Å²) < 4.78 is 25.8. The van der Waals surface area contributed by atoms with E-state index >= 15 is 0 Å². The molecule has 19 heavy (non-hydrogen) atoms. The minimum Gasteiger partial charge on any atom is -0.386 e. The second kappa shape index (κ2) is 6.99. The number of halogens is 2. The van der Waals surface area contributed by atoms with Gasteiger partial charge in [-0.15, -0.1) is 6.58 Å². The van der Waals surface area contributed by atoms with Crippen LogP contribution in [0.5, 0.6) is 0 Å². The van der Waals surface area contributed by atoms with Crippen molar-refractivity contribution in [1.29, 1.82) is 0 Å². The van der Waals surface area contributed by atoms with E-state index in [1.54, 1.807) is 13.0 Å². The molecule has 1 aromatic carbocycles. The number of carbonyl (C=O) groups excluding carboxylic acids is 1. The number of carbonyl (C=O) groups is 1. The maximum atomic E-state index is 13.0. The van der Waals surface area contributed by atoms with Gasteiger partial charge in [0.05, 0.1) is 12.1 Å². The number of amides is 1.